The van der Waals surface area contributed by atoms with Gasteiger partial charge in [-0.2, -0.15) is 0 Å². The molecule has 0 aromatic carbocycles. The molecule has 0 aliphatic rings. The van der Waals surface area contributed by atoms with Gasteiger partial charge in [0.05, 0.1) is 0 Å². The van der Waals surface area contributed by atoms with Gasteiger partial charge in [-0.05, 0) is 18.4 Å². The predicted molar refractivity (Wildman–Crippen MR) is 20.5 cm³/mol. The largest absolute Gasteiger partial charge is 0.255 e. The molecule has 0 saturated heterocycles. The van der Waals surface area contributed by atoms with Crippen LogP contribution in [0.5, 0.6) is 0 Å². The Hall–Kier alpha value is 1.22. The minimum Gasteiger partial charge on any atom is -0.255 e. The number of hydrogen-bond acceptors (Lipinski definition) is 1. The van der Waals surface area contributed by atoms with Gasteiger partial charge in [0.2, 0.25) is 0 Å². The first kappa shape index (κ1) is 8.97. The predicted octanol–water partition coefficient (Wildman–Crippen LogP) is 1.10. The fourth-order valence-electron chi connectivity index (χ4n) is 0. The molecule has 0 aliphatic heterocycles. The minimum atomic E-state index is 0. The Morgan fingerprint density at radius 1 is 1.75 bits per heavy atom. The summed E-state index contributed by atoms with van der Waals surface area (Å²) in [6, 6.07) is 0. The van der Waals surface area contributed by atoms with Gasteiger partial charge in [0.15, 0.2) is 0 Å². The van der Waals surface area contributed by atoms with Crippen molar-refractivity contribution in [2.24, 2.45) is 4.52 Å². The maximum Gasteiger partial charge on any atom is 0 e. The smallest absolute Gasteiger partial charge is 0 e. The molecule has 1 atom stereocenters. The normalized spacial score (nSPS) is 3.25. The van der Waals surface area contributed by atoms with Gasteiger partial charge in [0.1, 0.15) is 0 Å². The zero-order chi connectivity index (χ0) is 2.71. The van der Waals surface area contributed by atoms with Crippen molar-refractivity contribution in [2.75, 3.05) is 0 Å². The van der Waals surface area contributed by atoms with Gasteiger partial charge in [0, 0.05) is 21.1 Å². The third kappa shape index (κ3) is 10.7. The van der Waals surface area contributed by atoms with E-state index in [4.69, 9.17) is 0 Å². The van der Waals surface area contributed by atoms with Gasteiger partial charge in [-0.25, -0.2) is 0 Å². The Bertz CT molecular complexity index is 13.5. The van der Waals surface area contributed by atoms with Crippen LogP contribution in [-0.2, 0) is 21.1 Å². The summed E-state index contributed by atoms with van der Waals surface area (Å²) in [6.45, 7) is 0. The van der Waals surface area contributed by atoms with E-state index in [1.54, 1.807) is 0 Å². The first-order valence-electron chi connectivity index (χ1n) is 0.482. The Kier molecular flexibility index (Phi) is 19.9. The molecule has 0 N–H and O–H groups in total. The van der Waals surface area contributed by atoms with Crippen molar-refractivity contribution in [1.29, 1.82) is 0 Å². The van der Waals surface area contributed by atoms with E-state index < -0.39 is 0 Å². The van der Waals surface area contributed by atoms with Crippen LogP contribution in [0.3, 0.4) is 0 Å². The Balaban J connectivity index is 0. The van der Waals surface area contributed by atoms with Crippen LogP contribution in [0.4, 0.5) is 0 Å². The third-order valence-electron chi connectivity index (χ3n) is 0. The van der Waals surface area contributed by atoms with E-state index in [0.29, 0.717) is 0 Å². The van der Waals surface area contributed by atoms with Crippen molar-refractivity contribution in [3.63, 3.8) is 0 Å². The summed E-state index contributed by atoms with van der Waals surface area (Å²) < 4.78 is 3.22. The van der Waals surface area contributed by atoms with E-state index >= 15 is 0 Å². The zero-order valence-corrected chi connectivity index (χ0v) is 6.27. The Labute approximate surface area is 44.4 Å². The van der Waals surface area contributed by atoms with Gasteiger partial charge < -0.3 is 0 Å². The first-order valence-corrected chi connectivity index (χ1v) is 1.45. The van der Waals surface area contributed by atoms with Gasteiger partial charge in [-0.3, -0.25) is 4.52 Å². The third-order valence-corrected chi connectivity index (χ3v) is 0. The quantitative estimate of drug-likeness (QED) is 0.587. The standard InChI is InChI=1S/H3NP2.Pt/c2-1-3;/h2H,3H2;. The van der Waals surface area contributed by atoms with Crippen LogP contribution in [0.25, 0.3) is 0 Å². The average Bonchev–Trinajstić information content (AvgIpc) is 0.918. The molecule has 0 bridgehead atoms. The monoisotopic (exact) mass is 274 g/mol. The second-order valence-electron chi connectivity index (χ2n) is 0.129. The fourth-order valence-corrected chi connectivity index (χ4v) is 0. The van der Waals surface area contributed by atoms with Crippen molar-refractivity contribution < 1.29 is 21.1 Å². The second-order valence-corrected chi connectivity index (χ2v) is 1.16. The molecule has 0 radical (unpaired) electrons. The summed E-state index contributed by atoms with van der Waals surface area (Å²) in [5, 5.41) is 0. The van der Waals surface area contributed by atoms with E-state index in [9.17, 15) is 0 Å². The molecule has 0 aromatic heterocycles. The molecule has 4 heteroatoms. The summed E-state index contributed by atoms with van der Waals surface area (Å²) >= 11 is 0. The van der Waals surface area contributed by atoms with Gasteiger partial charge >= 0.3 is 0 Å². The molecule has 0 aromatic rings. The van der Waals surface area contributed by atoms with E-state index in [0.717, 1.165) is 0 Å². The zero-order valence-electron chi connectivity index (χ0n) is 1.84. The molecular weight excluding hydrogens is 271 g/mol. The Morgan fingerprint density at radius 2 is 1.75 bits per heavy atom. The van der Waals surface area contributed by atoms with Crippen LogP contribution >= 0.6 is 18.4 Å². The summed E-state index contributed by atoms with van der Waals surface area (Å²) in [5.74, 6) is 0. The fraction of sp³-hybridized carbons (Fsp3) is 0. The van der Waals surface area contributed by atoms with Crippen LogP contribution in [-0.4, -0.2) is 0 Å². The molecule has 0 fully saturated rings. The summed E-state index contributed by atoms with van der Waals surface area (Å²) in [5.41, 5.74) is 0. The number of hydrogen-bond donors (Lipinski definition) is 0. The summed E-state index contributed by atoms with van der Waals surface area (Å²) in [4.78, 5) is 0. The van der Waals surface area contributed by atoms with E-state index in [1.807, 2.05) is 0 Å². The molecular formula is H3NP2Pt. The molecule has 0 aliphatic carbocycles. The SMILES string of the molecule is P=NP.[Pt]. The van der Waals surface area contributed by atoms with Crippen molar-refractivity contribution in [1.82, 2.24) is 0 Å². The summed E-state index contributed by atoms with van der Waals surface area (Å²) in [6.07, 6.45) is 0. The van der Waals surface area contributed by atoms with Crippen molar-refractivity contribution >= 4 is 18.4 Å². The molecule has 0 saturated carbocycles. The number of nitrogens with zero attached hydrogens (tertiary/aromatic N) is 1. The van der Waals surface area contributed by atoms with Crippen LogP contribution in [0.2, 0.25) is 0 Å². The second kappa shape index (κ2) is 8.88. The van der Waals surface area contributed by atoms with Gasteiger partial charge in [-0.1, -0.05) is 0 Å². The molecule has 0 spiro atoms. The maximum absolute atomic E-state index is 3.22. The maximum atomic E-state index is 3.22. The Morgan fingerprint density at radius 3 is 1.75 bits per heavy atom. The molecule has 1 nitrogen and oxygen atoms in total. The topological polar surface area (TPSA) is 12.4 Å². The van der Waals surface area contributed by atoms with Crippen molar-refractivity contribution in [3.8, 4) is 0 Å². The average molecular weight is 274 g/mol. The van der Waals surface area contributed by atoms with Crippen LogP contribution in [0.15, 0.2) is 4.52 Å². The van der Waals surface area contributed by atoms with E-state index in [2.05, 4.69) is 22.9 Å². The van der Waals surface area contributed by atoms with Crippen LogP contribution < -0.4 is 0 Å². The molecule has 0 rings (SSSR count). The number of rotatable bonds is 0. The molecule has 4 heavy (non-hydrogen) atoms. The van der Waals surface area contributed by atoms with E-state index in [-0.39, 0.29) is 21.1 Å². The van der Waals surface area contributed by atoms with Crippen LogP contribution in [0, 0.1) is 0 Å². The minimum absolute atomic E-state index is 0. The van der Waals surface area contributed by atoms with Gasteiger partial charge in [0.25, 0.3) is 0 Å². The first-order chi connectivity index (χ1) is 1.41. The van der Waals surface area contributed by atoms with Crippen molar-refractivity contribution in [2.45, 2.75) is 0 Å². The van der Waals surface area contributed by atoms with E-state index in [1.165, 1.54) is 0 Å². The molecule has 1 unspecified atom stereocenters. The van der Waals surface area contributed by atoms with Gasteiger partial charge in [-0.15, -0.1) is 0 Å². The van der Waals surface area contributed by atoms with Crippen molar-refractivity contribution in [3.05, 3.63) is 0 Å². The summed E-state index contributed by atoms with van der Waals surface area (Å²) in [7, 11) is 4.89. The molecule has 28 valence electrons. The molecule has 0 heterocycles. The molecule has 0 amide bonds. The van der Waals surface area contributed by atoms with Crippen LogP contribution in [0.1, 0.15) is 0 Å².